The fraction of sp³-hybridized carbons (Fsp3) is 0.417. The van der Waals surface area contributed by atoms with Gasteiger partial charge in [-0.2, -0.15) is 5.26 Å². The summed E-state index contributed by atoms with van der Waals surface area (Å²) in [6.07, 6.45) is 0. The first-order valence-corrected chi connectivity index (χ1v) is 4.77. The maximum Gasteiger partial charge on any atom is 0.104 e. The lowest BCUT2D eigenvalue weighted by Crippen LogP contribution is -2.31. The largest absolute Gasteiger partial charge is 0.294 e. The molecule has 2 nitrogen and oxygen atoms in total. The normalized spacial score (nSPS) is 14.8. The molecule has 1 aromatic carbocycles. The van der Waals surface area contributed by atoms with Crippen LogP contribution in [0.2, 0.25) is 0 Å². The summed E-state index contributed by atoms with van der Waals surface area (Å²) in [4.78, 5) is 1.96. The van der Waals surface area contributed by atoms with Crippen LogP contribution in [0, 0.1) is 11.3 Å². The van der Waals surface area contributed by atoms with Crippen LogP contribution in [-0.4, -0.2) is 25.0 Å². The number of rotatable bonds is 3. The van der Waals surface area contributed by atoms with Crippen molar-refractivity contribution in [2.75, 3.05) is 14.1 Å². The molecule has 0 fully saturated rings. The van der Waals surface area contributed by atoms with Crippen LogP contribution in [0.25, 0.3) is 0 Å². The van der Waals surface area contributed by atoms with Gasteiger partial charge >= 0.3 is 0 Å². The molecule has 0 aliphatic rings. The van der Waals surface area contributed by atoms with E-state index in [4.69, 9.17) is 5.26 Å². The predicted molar refractivity (Wildman–Crippen MR) is 57.9 cm³/mol. The Kier molecular flexibility index (Phi) is 3.67. The van der Waals surface area contributed by atoms with Crippen LogP contribution < -0.4 is 0 Å². The maximum absolute atomic E-state index is 9.04. The summed E-state index contributed by atoms with van der Waals surface area (Å²) in [5.41, 5.74) is 1.22. The Morgan fingerprint density at radius 2 is 1.79 bits per heavy atom. The predicted octanol–water partition coefficient (Wildman–Crippen LogP) is 2.24. The van der Waals surface area contributed by atoms with E-state index in [2.05, 4.69) is 25.1 Å². The number of hydrogen-bond donors (Lipinski definition) is 0. The Morgan fingerprint density at radius 3 is 2.21 bits per heavy atom. The monoisotopic (exact) mass is 188 g/mol. The standard InChI is InChI=1S/C12H16N2/c1-10(12(9-13)14(2)3)11-7-5-4-6-8-11/h4-8,10,12H,1-3H3. The molecule has 74 valence electrons. The van der Waals surface area contributed by atoms with Gasteiger partial charge in [0.05, 0.1) is 6.07 Å². The van der Waals surface area contributed by atoms with Crippen molar-refractivity contribution < 1.29 is 0 Å². The minimum absolute atomic E-state index is 0.0580. The third-order valence-corrected chi connectivity index (χ3v) is 2.49. The molecule has 2 atom stereocenters. The van der Waals surface area contributed by atoms with E-state index in [1.807, 2.05) is 37.2 Å². The van der Waals surface area contributed by atoms with Crippen LogP contribution >= 0.6 is 0 Å². The van der Waals surface area contributed by atoms with Crippen LogP contribution in [0.3, 0.4) is 0 Å². The average Bonchev–Trinajstić information content (AvgIpc) is 2.19. The first-order chi connectivity index (χ1) is 6.66. The second-order valence-electron chi connectivity index (χ2n) is 3.74. The van der Waals surface area contributed by atoms with Crippen molar-refractivity contribution >= 4 is 0 Å². The van der Waals surface area contributed by atoms with E-state index in [0.29, 0.717) is 0 Å². The molecule has 0 N–H and O–H groups in total. The third kappa shape index (κ3) is 2.34. The summed E-state index contributed by atoms with van der Waals surface area (Å²) < 4.78 is 0. The first kappa shape index (κ1) is 10.7. The molecule has 2 unspecified atom stereocenters. The number of nitrogens with zero attached hydrogens (tertiary/aromatic N) is 2. The van der Waals surface area contributed by atoms with Crippen molar-refractivity contribution in [3.8, 4) is 6.07 Å². The van der Waals surface area contributed by atoms with Crippen LogP contribution in [0.5, 0.6) is 0 Å². The van der Waals surface area contributed by atoms with Crippen molar-refractivity contribution in [3.63, 3.8) is 0 Å². The first-order valence-electron chi connectivity index (χ1n) is 4.77. The highest BCUT2D eigenvalue weighted by atomic mass is 15.1. The summed E-state index contributed by atoms with van der Waals surface area (Å²) in [6.45, 7) is 2.09. The molecule has 0 aliphatic heterocycles. The highest BCUT2D eigenvalue weighted by Crippen LogP contribution is 2.20. The summed E-state index contributed by atoms with van der Waals surface area (Å²) in [7, 11) is 3.88. The van der Waals surface area contributed by atoms with Gasteiger partial charge in [-0.15, -0.1) is 0 Å². The Balaban J connectivity index is 2.85. The summed E-state index contributed by atoms with van der Waals surface area (Å²) in [5.74, 6) is 0.246. The van der Waals surface area contributed by atoms with Crippen molar-refractivity contribution in [1.29, 1.82) is 5.26 Å². The fourth-order valence-electron chi connectivity index (χ4n) is 1.61. The lowest BCUT2D eigenvalue weighted by Gasteiger charge is -2.24. The van der Waals surface area contributed by atoms with Crippen molar-refractivity contribution in [3.05, 3.63) is 35.9 Å². The van der Waals surface area contributed by atoms with Crippen molar-refractivity contribution in [1.82, 2.24) is 4.90 Å². The highest BCUT2D eigenvalue weighted by molar-refractivity contribution is 5.22. The lowest BCUT2D eigenvalue weighted by molar-refractivity contribution is 0.316. The van der Waals surface area contributed by atoms with Gasteiger partial charge in [0.25, 0.3) is 0 Å². The van der Waals surface area contributed by atoms with Gasteiger partial charge in [-0.25, -0.2) is 0 Å². The van der Waals surface area contributed by atoms with Gasteiger partial charge in [0.15, 0.2) is 0 Å². The summed E-state index contributed by atoms with van der Waals surface area (Å²) >= 11 is 0. The fourth-order valence-corrected chi connectivity index (χ4v) is 1.61. The van der Waals surface area contributed by atoms with Crippen molar-refractivity contribution in [2.24, 2.45) is 0 Å². The topological polar surface area (TPSA) is 27.0 Å². The number of benzene rings is 1. The van der Waals surface area contributed by atoms with E-state index < -0.39 is 0 Å². The van der Waals surface area contributed by atoms with E-state index >= 15 is 0 Å². The smallest absolute Gasteiger partial charge is 0.104 e. The van der Waals surface area contributed by atoms with Crippen LogP contribution in [0.1, 0.15) is 18.4 Å². The highest BCUT2D eigenvalue weighted by Gasteiger charge is 2.19. The molecule has 1 rings (SSSR count). The second kappa shape index (κ2) is 4.78. The molecule has 0 heterocycles. The summed E-state index contributed by atoms with van der Waals surface area (Å²) in [5, 5.41) is 9.04. The molecule has 0 aromatic heterocycles. The molecule has 0 saturated carbocycles. The molecule has 0 aliphatic carbocycles. The van der Waals surface area contributed by atoms with Gasteiger partial charge in [0.2, 0.25) is 0 Å². The molecule has 2 heteroatoms. The quantitative estimate of drug-likeness (QED) is 0.727. The minimum atomic E-state index is -0.0580. The van der Waals surface area contributed by atoms with Crippen LogP contribution in [-0.2, 0) is 0 Å². The van der Waals surface area contributed by atoms with Crippen molar-refractivity contribution in [2.45, 2.75) is 18.9 Å². The Labute approximate surface area is 85.8 Å². The molecule has 0 saturated heterocycles. The zero-order valence-corrected chi connectivity index (χ0v) is 8.94. The van der Waals surface area contributed by atoms with Crippen LogP contribution in [0.4, 0.5) is 0 Å². The van der Waals surface area contributed by atoms with E-state index in [-0.39, 0.29) is 12.0 Å². The molecule has 0 amide bonds. The molecule has 0 radical (unpaired) electrons. The van der Waals surface area contributed by atoms with E-state index in [9.17, 15) is 0 Å². The number of hydrogen-bond acceptors (Lipinski definition) is 2. The minimum Gasteiger partial charge on any atom is -0.294 e. The molecule has 0 spiro atoms. The third-order valence-electron chi connectivity index (χ3n) is 2.49. The molecular formula is C12H16N2. The van der Waals surface area contributed by atoms with Gasteiger partial charge in [-0.3, -0.25) is 4.90 Å². The second-order valence-corrected chi connectivity index (χ2v) is 3.74. The summed E-state index contributed by atoms with van der Waals surface area (Å²) in [6, 6.07) is 12.4. The average molecular weight is 188 g/mol. The SMILES string of the molecule is CC(c1ccccc1)C(C#N)N(C)C. The van der Waals surface area contributed by atoms with E-state index in [1.54, 1.807) is 0 Å². The number of nitriles is 1. The van der Waals surface area contributed by atoms with E-state index in [1.165, 1.54) is 5.56 Å². The van der Waals surface area contributed by atoms with Gasteiger partial charge in [0, 0.05) is 5.92 Å². The Morgan fingerprint density at radius 1 is 1.21 bits per heavy atom. The zero-order chi connectivity index (χ0) is 10.6. The lowest BCUT2D eigenvalue weighted by atomic mass is 9.93. The Bertz CT molecular complexity index is 311. The van der Waals surface area contributed by atoms with Gasteiger partial charge in [-0.1, -0.05) is 37.3 Å². The van der Waals surface area contributed by atoms with Gasteiger partial charge in [-0.05, 0) is 19.7 Å². The molecular weight excluding hydrogens is 172 g/mol. The Hall–Kier alpha value is -1.33. The van der Waals surface area contributed by atoms with Gasteiger partial charge in [0.1, 0.15) is 6.04 Å². The molecule has 1 aromatic rings. The van der Waals surface area contributed by atoms with Gasteiger partial charge < -0.3 is 0 Å². The molecule has 14 heavy (non-hydrogen) atoms. The zero-order valence-electron chi connectivity index (χ0n) is 8.94. The van der Waals surface area contributed by atoms with E-state index in [0.717, 1.165) is 0 Å². The maximum atomic E-state index is 9.04. The molecule has 0 bridgehead atoms. The van der Waals surface area contributed by atoms with Crippen LogP contribution in [0.15, 0.2) is 30.3 Å². The number of likely N-dealkylation sites (N-methyl/N-ethyl adjacent to an activating group) is 1.